The molecule has 1 aromatic carbocycles. The van der Waals surface area contributed by atoms with Crippen molar-refractivity contribution in [1.29, 1.82) is 0 Å². The van der Waals surface area contributed by atoms with Crippen LogP contribution in [0.2, 0.25) is 0 Å². The lowest BCUT2D eigenvalue weighted by Gasteiger charge is -2.32. The second-order valence-electron chi connectivity index (χ2n) is 5.08. The number of hydrogen-bond donors (Lipinski definition) is 1. The number of ether oxygens (including phenoxy) is 2. The molecule has 0 aliphatic carbocycles. The van der Waals surface area contributed by atoms with E-state index in [0.29, 0.717) is 26.3 Å². The van der Waals surface area contributed by atoms with Crippen molar-refractivity contribution < 1.29 is 23.0 Å². The second kappa shape index (κ2) is 8.05. The van der Waals surface area contributed by atoms with Crippen LogP contribution in [0.5, 0.6) is 0 Å². The quantitative estimate of drug-likeness (QED) is 0.897. The number of rotatable bonds is 5. The van der Waals surface area contributed by atoms with E-state index in [9.17, 15) is 13.6 Å². The first-order chi connectivity index (χ1) is 10.6. The summed E-state index contributed by atoms with van der Waals surface area (Å²) < 4.78 is 37.4. The fourth-order valence-corrected chi connectivity index (χ4v) is 2.37. The van der Waals surface area contributed by atoms with E-state index in [1.807, 2.05) is 0 Å². The normalized spacial score (nSPS) is 18.3. The zero-order valence-corrected chi connectivity index (χ0v) is 12.5. The Labute approximate surface area is 128 Å². The molecule has 0 bridgehead atoms. The molecule has 1 N–H and O–H groups in total. The first-order valence-electron chi connectivity index (χ1n) is 7.18. The number of morpholine rings is 1. The lowest BCUT2D eigenvalue weighted by Crippen LogP contribution is -2.51. The van der Waals surface area contributed by atoms with Gasteiger partial charge in [0.05, 0.1) is 25.9 Å². The number of carbonyl (C=O) groups is 1. The Hall–Kier alpha value is -1.73. The van der Waals surface area contributed by atoms with Crippen LogP contribution in [-0.2, 0) is 15.9 Å². The third-order valence-electron chi connectivity index (χ3n) is 3.49. The van der Waals surface area contributed by atoms with Gasteiger partial charge in [-0.05, 0) is 18.6 Å². The van der Waals surface area contributed by atoms with Crippen molar-refractivity contribution in [2.24, 2.45) is 0 Å². The molecule has 2 rings (SSSR count). The Morgan fingerprint density at radius 3 is 2.86 bits per heavy atom. The molecule has 1 heterocycles. The third kappa shape index (κ3) is 4.38. The van der Waals surface area contributed by atoms with Crippen LogP contribution in [-0.4, -0.2) is 57.0 Å². The predicted molar refractivity (Wildman–Crippen MR) is 76.6 cm³/mol. The zero-order valence-electron chi connectivity index (χ0n) is 12.5. The lowest BCUT2D eigenvalue weighted by molar-refractivity contribution is -0.0494. The van der Waals surface area contributed by atoms with E-state index in [2.05, 4.69) is 5.32 Å². The molecule has 0 radical (unpaired) electrons. The van der Waals surface area contributed by atoms with Gasteiger partial charge in [-0.25, -0.2) is 13.6 Å². The molecule has 7 heteroatoms. The molecule has 0 aromatic heterocycles. The number of urea groups is 1. The van der Waals surface area contributed by atoms with Crippen molar-refractivity contribution in [3.8, 4) is 0 Å². The molecule has 1 atom stereocenters. The monoisotopic (exact) mass is 314 g/mol. The van der Waals surface area contributed by atoms with Crippen LogP contribution in [0.3, 0.4) is 0 Å². The topological polar surface area (TPSA) is 50.8 Å². The Kier molecular flexibility index (Phi) is 6.09. The number of hydrogen-bond acceptors (Lipinski definition) is 3. The summed E-state index contributed by atoms with van der Waals surface area (Å²) in [7, 11) is 1.57. The fourth-order valence-electron chi connectivity index (χ4n) is 2.37. The minimum atomic E-state index is -0.596. The highest BCUT2D eigenvalue weighted by Gasteiger charge is 2.23. The first kappa shape index (κ1) is 16.6. The first-order valence-corrected chi connectivity index (χ1v) is 7.18. The van der Waals surface area contributed by atoms with E-state index in [1.165, 1.54) is 18.2 Å². The molecule has 5 nitrogen and oxygen atoms in total. The molecule has 22 heavy (non-hydrogen) atoms. The molecular weight excluding hydrogens is 294 g/mol. The molecule has 0 saturated carbocycles. The summed E-state index contributed by atoms with van der Waals surface area (Å²) in [6.07, 6.45) is -0.0377. The maximum Gasteiger partial charge on any atom is 0.317 e. The molecule has 1 unspecified atom stereocenters. The third-order valence-corrected chi connectivity index (χ3v) is 3.49. The summed E-state index contributed by atoms with van der Waals surface area (Å²) in [5.41, 5.74) is -0.0120. The van der Waals surface area contributed by atoms with E-state index in [-0.39, 0.29) is 30.7 Å². The van der Waals surface area contributed by atoms with Gasteiger partial charge >= 0.3 is 6.03 Å². The number of nitrogens with zero attached hydrogens (tertiary/aromatic N) is 1. The number of nitrogens with one attached hydrogen (secondary N) is 1. The van der Waals surface area contributed by atoms with Gasteiger partial charge in [0.15, 0.2) is 0 Å². The summed E-state index contributed by atoms with van der Waals surface area (Å²) in [5, 5.41) is 2.68. The molecule has 0 spiro atoms. The number of carbonyl (C=O) groups excluding carboxylic acids is 1. The average Bonchev–Trinajstić information content (AvgIpc) is 2.51. The van der Waals surface area contributed by atoms with Crippen LogP contribution in [0.15, 0.2) is 18.2 Å². The van der Waals surface area contributed by atoms with Gasteiger partial charge in [-0.15, -0.1) is 0 Å². The van der Waals surface area contributed by atoms with Gasteiger partial charge in [0, 0.05) is 25.8 Å². The number of methoxy groups -OCH3 is 1. The highest BCUT2D eigenvalue weighted by Crippen LogP contribution is 2.12. The van der Waals surface area contributed by atoms with Gasteiger partial charge in [0.1, 0.15) is 11.6 Å². The van der Waals surface area contributed by atoms with Crippen molar-refractivity contribution in [1.82, 2.24) is 10.2 Å². The minimum absolute atomic E-state index is 0.0120. The Morgan fingerprint density at radius 1 is 1.45 bits per heavy atom. The summed E-state index contributed by atoms with van der Waals surface area (Å²) in [6.45, 7) is 1.96. The van der Waals surface area contributed by atoms with E-state index < -0.39 is 11.6 Å². The predicted octanol–water partition coefficient (Wildman–Crippen LogP) is 1.56. The molecule has 1 aliphatic rings. The fraction of sp³-hybridized carbons (Fsp3) is 0.533. The van der Waals surface area contributed by atoms with E-state index in [0.717, 1.165) is 0 Å². The van der Waals surface area contributed by atoms with Crippen LogP contribution in [0, 0.1) is 11.6 Å². The second-order valence-corrected chi connectivity index (χ2v) is 5.08. The van der Waals surface area contributed by atoms with E-state index in [4.69, 9.17) is 9.47 Å². The van der Waals surface area contributed by atoms with Crippen molar-refractivity contribution in [3.63, 3.8) is 0 Å². The number of benzene rings is 1. The van der Waals surface area contributed by atoms with Crippen molar-refractivity contribution >= 4 is 6.03 Å². The number of halogens is 2. The summed E-state index contributed by atoms with van der Waals surface area (Å²) in [6, 6.07) is 3.46. The Morgan fingerprint density at radius 2 is 2.18 bits per heavy atom. The van der Waals surface area contributed by atoms with Gasteiger partial charge in [-0.2, -0.15) is 0 Å². The minimum Gasteiger partial charge on any atom is -0.382 e. The smallest absolute Gasteiger partial charge is 0.317 e. The number of amides is 2. The van der Waals surface area contributed by atoms with Crippen LogP contribution in [0.4, 0.5) is 13.6 Å². The van der Waals surface area contributed by atoms with Crippen molar-refractivity contribution in [2.75, 3.05) is 40.0 Å². The SMILES string of the molecule is COCC1CN(C(=O)NCCc2c(F)cccc2F)CCO1. The summed E-state index contributed by atoms with van der Waals surface area (Å²) in [5.74, 6) is -1.19. The highest BCUT2D eigenvalue weighted by molar-refractivity contribution is 5.74. The molecule has 1 saturated heterocycles. The Balaban J connectivity index is 1.80. The van der Waals surface area contributed by atoms with Gasteiger partial charge in [-0.3, -0.25) is 0 Å². The lowest BCUT2D eigenvalue weighted by atomic mass is 10.1. The van der Waals surface area contributed by atoms with Crippen LogP contribution < -0.4 is 5.32 Å². The van der Waals surface area contributed by atoms with Crippen LogP contribution >= 0.6 is 0 Å². The van der Waals surface area contributed by atoms with Crippen LogP contribution in [0.25, 0.3) is 0 Å². The molecule has 1 aliphatic heterocycles. The van der Waals surface area contributed by atoms with E-state index in [1.54, 1.807) is 12.0 Å². The van der Waals surface area contributed by atoms with Gasteiger partial charge in [0.2, 0.25) is 0 Å². The van der Waals surface area contributed by atoms with Gasteiger partial charge in [-0.1, -0.05) is 6.07 Å². The molecule has 122 valence electrons. The largest absolute Gasteiger partial charge is 0.382 e. The zero-order chi connectivity index (χ0) is 15.9. The standard InChI is InChI=1S/C15H20F2N2O3/c1-21-10-11-9-19(7-8-22-11)15(20)18-6-5-12-13(16)3-2-4-14(12)17/h2-4,11H,5-10H2,1H3,(H,18,20). The molecular formula is C15H20F2N2O3. The average molecular weight is 314 g/mol. The van der Waals surface area contributed by atoms with Crippen molar-refractivity contribution in [2.45, 2.75) is 12.5 Å². The molecule has 1 aromatic rings. The summed E-state index contributed by atoms with van der Waals surface area (Å²) >= 11 is 0. The van der Waals surface area contributed by atoms with E-state index >= 15 is 0 Å². The van der Waals surface area contributed by atoms with Crippen molar-refractivity contribution in [3.05, 3.63) is 35.4 Å². The maximum absolute atomic E-state index is 13.5. The molecule has 2 amide bonds. The highest BCUT2D eigenvalue weighted by atomic mass is 19.1. The van der Waals surface area contributed by atoms with Gasteiger partial charge < -0.3 is 19.7 Å². The summed E-state index contributed by atoms with van der Waals surface area (Å²) in [4.78, 5) is 13.7. The maximum atomic E-state index is 13.5. The van der Waals surface area contributed by atoms with Crippen LogP contribution in [0.1, 0.15) is 5.56 Å². The molecule has 1 fully saturated rings. The van der Waals surface area contributed by atoms with Gasteiger partial charge in [0.25, 0.3) is 0 Å². The Bertz CT molecular complexity index is 491.